The second-order valence-corrected chi connectivity index (χ2v) is 6.99. The van der Waals surface area contributed by atoms with E-state index in [1.807, 2.05) is 24.4 Å². The number of hydrogen-bond acceptors (Lipinski definition) is 3. The minimum atomic E-state index is -0.169. The van der Waals surface area contributed by atoms with Gasteiger partial charge in [-0.2, -0.15) is 0 Å². The predicted octanol–water partition coefficient (Wildman–Crippen LogP) is 3.47. The van der Waals surface area contributed by atoms with Crippen LogP contribution in [0.2, 0.25) is 0 Å². The van der Waals surface area contributed by atoms with Gasteiger partial charge in [0.2, 0.25) is 11.8 Å². The first-order valence-corrected chi connectivity index (χ1v) is 9.66. The molecule has 0 spiro atoms. The van der Waals surface area contributed by atoms with Gasteiger partial charge in [0.05, 0.1) is 0 Å². The number of fused-ring (bicyclic) bond motifs is 1. The number of hydrogen-bond donors (Lipinski definition) is 2. The highest BCUT2D eigenvalue weighted by atomic mass is 16.2. The molecular weight excluding hydrogens is 366 g/mol. The second kappa shape index (κ2) is 9.19. The topological polar surface area (TPSA) is 82.3 Å². The maximum absolute atomic E-state index is 12.3. The Kier molecular flexibility index (Phi) is 6.44. The molecule has 0 aliphatic rings. The molecule has 0 aliphatic heterocycles. The number of nitrogens with one attached hydrogen (secondary N) is 2. The summed E-state index contributed by atoms with van der Waals surface area (Å²) in [6.45, 7) is 3.73. The van der Waals surface area contributed by atoms with Gasteiger partial charge in [-0.3, -0.25) is 14.4 Å². The third kappa shape index (κ3) is 5.10. The van der Waals surface area contributed by atoms with Gasteiger partial charge in [0, 0.05) is 54.8 Å². The largest absolute Gasteiger partial charge is 0.361 e. The number of rotatable bonds is 8. The van der Waals surface area contributed by atoms with E-state index in [1.165, 1.54) is 18.7 Å². The molecule has 0 saturated carbocycles. The van der Waals surface area contributed by atoms with Gasteiger partial charge in [0.1, 0.15) is 0 Å². The minimum Gasteiger partial charge on any atom is -0.361 e. The summed E-state index contributed by atoms with van der Waals surface area (Å²) < 4.78 is 0. The van der Waals surface area contributed by atoms with Crippen LogP contribution in [0.4, 0.5) is 5.69 Å². The number of ketones is 1. The molecule has 2 aromatic carbocycles. The number of aromatic nitrogens is 1. The van der Waals surface area contributed by atoms with Crippen LogP contribution < -0.4 is 10.2 Å². The standard InChI is InChI=1S/C23H25N3O3/c1-16(27)18-6-5-7-20(14-18)26(17(2)28)13-11-23(29)24-12-10-19-15-25-22-9-4-3-8-21(19)22/h3-9,14-15,25H,10-13H2,1-2H3,(H,24,29). The number of aromatic amines is 1. The summed E-state index contributed by atoms with van der Waals surface area (Å²) in [5.41, 5.74) is 3.40. The number of Topliss-reactive ketones (excluding diaryl/α,β-unsaturated/α-hetero) is 1. The van der Waals surface area contributed by atoms with Crippen LogP contribution in [0.15, 0.2) is 54.7 Å². The fourth-order valence-corrected chi connectivity index (χ4v) is 3.34. The number of amides is 2. The van der Waals surface area contributed by atoms with E-state index >= 15 is 0 Å². The van der Waals surface area contributed by atoms with Crippen LogP contribution in [0.5, 0.6) is 0 Å². The van der Waals surface area contributed by atoms with Crippen molar-refractivity contribution in [3.63, 3.8) is 0 Å². The molecule has 6 nitrogen and oxygen atoms in total. The van der Waals surface area contributed by atoms with E-state index in [2.05, 4.69) is 16.4 Å². The highest BCUT2D eigenvalue weighted by molar-refractivity contribution is 5.97. The Labute approximate surface area is 169 Å². The van der Waals surface area contributed by atoms with Crippen molar-refractivity contribution in [2.45, 2.75) is 26.7 Å². The van der Waals surface area contributed by atoms with Gasteiger partial charge in [-0.25, -0.2) is 0 Å². The van der Waals surface area contributed by atoms with Crippen LogP contribution in [0.3, 0.4) is 0 Å². The lowest BCUT2D eigenvalue weighted by molar-refractivity contribution is -0.121. The molecule has 3 aromatic rings. The van der Waals surface area contributed by atoms with Gasteiger partial charge in [-0.1, -0.05) is 30.3 Å². The first-order chi connectivity index (χ1) is 14.0. The van der Waals surface area contributed by atoms with Crippen LogP contribution in [0.25, 0.3) is 10.9 Å². The summed E-state index contributed by atoms with van der Waals surface area (Å²) in [5.74, 6) is -0.346. The molecule has 0 unspecified atom stereocenters. The maximum Gasteiger partial charge on any atom is 0.223 e. The van der Waals surface area contributed by atoms with Crippen LogP contribution in [-0.2, 0) is 16.0 Å². The Morgan fingerprint density at radius 1 is 1.03 bits per heavy atom. The van der Waals surface area contributed by atoms with E-state index in [0.717, 1.165) is 22.9 Å². The molecule has 6 heteroatoms. The SMILES string of the molecule is CC(=O)c1cccc(N(CCC(=O)NCCc2c[nH]c3ccccc23)C(C)=O)c1. The molecule has 0 atom stereocenters. The zero-order valence-corrected chi connectivity index (χ0v) is 16.7. The van der Waals surface area contributed by atoms with Crippen molar-refractivity contribution in [3.8, 4) is 0 Å². The summed E-state index contributed by atoms with van der Waals surface area (Å²) in [6, 6.07) is 15.0. The first kappa shape index (κ1) is 20.3. The quantitative estimate of drug-likeness (QED) is 0.577. The maximum atomic E-state index is 12.3. The fraction of sp³-hybridized carbons (Fsp3) is 0.261. The molecule has 0 aliphatic carbocycles. The highest BCUT2D eigenvalue weighted by Gasteiger charge is 2.14. The van der Waals surface area contributed by atoms with Crippen LogP contribution in [0, 0.1) is 0 Å². The average Bonchev–Trinajstić information content (AvgIpc) is 3.11. The lowest BCUT2D eigenvalue weighted by atomic mass is 10.1. The van der Waals surface area contributed by atoms with Crippen molar-refractivity contribution in [3.05, 3.63) is 65.9 Å². The van der Waals surface area contributed by atoms with Crippen molar-refractivity contribution < 1.29 is 14.4 Å². The minimum absolute atomic E-state index is 0.0645. The monoisotopic (exact) mass is 391 g/mol. The van der Waals surface area contributed by atoms with Gasteiger partial charge >= 0.3 is 0 Å². The molecule has 0 saturated heterocycles. The van der Waals surface area contributed by atoms with Gasteiger partial charge in [0.15, 0.2) is 5.78 Å². The Hall–Kier alpha value is -3.41. The third-order valence-electron chi connectivity index (χ3n) is 4.90. The number of anilines is 1. The molecule has 29 heavy (non-hydrogen) atoms. The molecule has 2 N–H and O–H groups in total. The van der Waals surface area contributed by atoms with E-state index in [4.69, 9.17) is 0 Å². The number of carbonyl (C=O) groups excluding carboxylic acids is 3. The summed E-state index contributed by atoms with van der Waals surface area (Å²) in [4.78, 5) is 40.6. The average molecular weight is 391 g/mol. The normalized spacial score (nSPS) is 10.7. The lowest BCUT2D eigenvalue weighted by Gasteiger charge is -2.21. The molecule has 0 radical (unpaired) electrons. The number of H-pyrrole nitrogens is 1. The Morgan fingerprint density at radius 3 is 2.59 bits per heavy atom. The number of para-hydroxylation sites is 1. The van der Waals surface area contributed by atoms with E-state index in [0.29, 0.717) is 17.8 Å². The molecule has 1 heterocycles. The summed E-state index contributed by atoms with van der Waals surface area (Å²) in [5, 5.41) is 4.08. The summed E-state index contributed by atoms with van der Waals surface area (Å²) in [7, 11) is 0. The van der Waals surface area contributed by atoms with Crippen molar-refractivity contribution >= 4 is 34.2 Å². The van der Waals surface area contributed by atoms with E-state index in [1.54, 1.807) is 24.3 Å². The fourth-order valence-electron chi connectivity index (χ4n) is 3.34. The van der Waals surface area contributed by atoms with Crippen LogP contribution in [-0.4, -0.2) is 35.7 Å². The molecule has 0 bridgehead atoms. The van der Waals surface area contributed by atoms with Gasteiger partial charge in [0.25, 0.3) is 0 Å². The van der Waals surface area contributed by atoms with Crippen LogP contribution >= 0.6 is 0 Å². The molecule has 1 aromatic heterocycles. The molecule has 3 rings (SSSR count). The first-order valence-electron chi connectivity index (χ1n) is 9.66. The number of benzene rings is 2. The zero-order chi connectivity index (χ0) is 20.8. The van der Waals surface area contributed by atoms with Gasteiger partial charge in [-0.15, -0.1) is 0 Å². The highest BCUT2D eigenvalue weighted by Crippen LogP contribution is 2.18. The van der Waals surface area contributed by atoms with Crippen molar-refractivity contribution in [1.82, 2.24) is 10.3 Å². The molecule has 2 amide bonds. The summed E-state index contributed by atoms with van der Waals surface area (Å²) in [6.07, 6.45) is 2.89. The lowest BCUT2D eigenvalue weighted by Crippen LogP contribution is -2.34. The second-order valence-electron chi connectivity index (χ2n) is 6.99. The molecule has 150 valence electrons. The smallest absolute Gasteiger partial charge is 0.223 e. The Morgan fingerprint density at radius 2 is 1.83 bits per heavy atom. The van der Waals surface area contributed by atoms with Crippen molar-refractivity contribution in [2.75, 3.05) is 18.0 Å². The van der Waals surface area contributed by atoms with Crippen molar-refractivity contribution in [2.24, 2.45) is 0 Å². The van der Waals surface area contributed by atoms with Gasteiger partial charge in [-0.05, 0) is 37.1 Å². The Bertz CT molecular complexity index is 1040. The van der Waals surface area contributed by atoms with E-state index < -0.39 is 0 Å². The predicted molar refractivity (Wildman–Crippen MR) is 114 cm³/mol. The van der Waals surface area contributed by atoms with Crippen LogP contribution in [0.1, 0.15) is 36.2 Å². The zero-order valence-electron chi connectivity index (χ0n) is 16.7. The van der Waals surface area contributed by atoms with E-state index in [9.17, 15) is 14.4 Å². The van der Waals surface area contributed by atoms with Crippen molar-refractivity contribution in [1.29, 1.82) is 0 Å². The molecular formula is C23H25N3O3. The Balaban J connectivity index is 1.53. The van der Waals surface area contributed by atoms with E-state index in [-0.39, 0.29) is 30.6 Å². The third-order valence-corrected chi connectivity index (χ3v) is 4.90. The number of carbonyl (C=O) groups is 3. The molecule has 0 fully saturated rings. The summed E-state index contributed by atoms with van der Waals surface area (Å²) >= 11 is 0. The van der Waals surface area contributed by atoms with Gasteiger partial charge < -0.3 is 15.2 Å². The number of nitrogens with zero attached hydrogens (tertiary/aromatic N) is 1.